The van der Waals surface area contributed by atoms with Gasteiger partial charge in [-0.25, -0.2) is 0 Å². The highest BCUT2D eigenvalue weighted by atomic mass is 32.2. The highest BCUT2D eigenvalue weighted by Gasteiger charge is 2.26. The van der Waals surface area contributed by atoms with Crippen molar-refractivity contribution < 1.29 is 22.3 Å². The second kappa shape index (κ2) is 7.85. The van der Waals surface area contributed by atoms with E-state index in [1.807, 2.05) is 6.92 Å². The van der Waals surface area contributed by atoms with E-state index in [9.17, 15) is 18.5 Å². The molecule has 0 bridgehead atoms. The van der Waals surface area contributed by atoms with Crippen LogP contribution < -0.4 is 0 Å². The number of aromatic nitrogens is 1. The number of nitrogens with zero attached hydrogens (tertiary/aromatic N) is 2. The minimum atomic E-state index is -3.90. The largest absolute Gasteiger partial charge is 0.487 e. The number of nitro groups is 1. The van der Waals surface area contributed by atoms with E-state index in [1.54, 1.807) is 18.2 Å². The summed E-state index contributed by atoms with van der Waals surface area (Å²) in [4.78, 5) is 14.5. The summed E-state index contributed by atoms with van der Waals surface area (Å²) in [5.41, 5.74) is 1.08. The predicted octanol–water partition coefficient (Wildman–Crippen LogP) is 3.22. The second-order valence-corrected chi connectivity index (χ2v) is 7.70. The first kappa shape index (κ1) is 19.0. The van der Waals surface area contributed by atoms with Gasteiger partial charge in [0.05, 0.1) is 15.4 Å². The number of pyridine rings is 1. The maximum atomic E-state index is 12.3. The lowest BCUT2D eigenvalue weighted by atomic mass is 10.1. The van der Waals surface area contributed by atoms with Crippen molar-refractivity contribution in [1.29, 1.82) is 0 Å². The molecular weight excluding hydrogens is 372 g/mol. The Kier molecular flexibility index (Phi) is 5.52. The number of hydrogen-bond acceptors (Lipinski definition) is 7. The standard InChI is InChI=1S/C18H18N2O6S/c1-13-5-7-15(8-6-13)27(23,24)25-12-14-3-2-4-18(26-14)16-9-10-19-11-17(16)20(21)22/h4-11,14H,2-3,12H2,1H3/t14-/m1/s1. The summed E-state index contributed by atoms with van der Waals surface area (Å²) in [6.45, 7) is 1.69. The van der Waals surface area contributed by atoms with Crippen LogP contribution in [0.5, 0.6) is 0 Å². The summed E-state index contributed by atoms with van der Waals surface area (Å²) in [6, 6.07) is 7.85. The van der Waals surface area contributed by atoms with Crippen LogP contribution in [0.4, 0.5) is 5.69 Å². The number of allylic oxidation sites excluding steroid dienone is 1. The second-order valence-electron chi connectivity index (χ2n) is 6.09. The van der Waals surface area contributed by atoms with Gasteiger partial charge in [-0.1, -0.05) is 17.7 Å². The fourth-order valence-corrected chi connectivity index (χ4v) is 3.59. The molecule has 1 atom stereocenters. The van der Waals surface area contributed by atoms with Crippen molar-refractivity contribution in [1.82, 2.24) is 4.98 Å². The fraction of sp³-hybridized carbons (Fsp3) is 0.278. The molecule has 1 aromatic heterocycles. The molecule has 9 heteroatoms. The van der Waals surface area contributed by atoms with Crippen LogP contribution in [0.15, 0.2) is 53.7 Å². The molecule has 0 saturated carbocycles. The SMILES string of the molecule is Cc1ccc(S(=O)(=O)OC[C@H]2CCC=C(c3ccncc3[N+](=O)[O-])O2)cc1. The van der Waals surface area contributed by atoms with Crippen LogP contribution in [-0.2, 0) is 19.0 Å². The minimum absolute atomic E-state index is 0.0736. The third kappa shape index (κ3) is 4.50. The van der Waals surface area contributed by atoms with Gasteiger partial charge >= 0.3 is 0 Å². The molecule has 142 valence electrons. The van der Waals surface area contributed by atoms with Crippen LogP contribution in [0.3, 0.4) is 0 Å². The number of ether oxygens (including phenoxy) is 1. The van der Waals surface area contributed by atoms with Crippen molar-refractivity contribution in [2.75, 3.05) is 6.61 Å². The Morgan fingerprint density at radius 1 is 1.30 bits per heavy atom. The van der Waals surface area contributed by atoms with Gasteiger partial charge in [0.15, 0.2) is 0 Å². The minimum Gasteiger partial charge on any atom is -0.487 e. The molecule has 2 heterocycles. The Bertz CT molecular complexity index is 970. The summed E-state index contributed by atoms with van der Waals surface area (Å²) in [6.07, 6.45) is 4.95. The first-order valence-corrected chi connectivity index (χ1v) is 9.69. The summed E-state index contributed by atoms with van der Waals surface area (Å²) in [7, 11) is -3.90. The normalized spacial score (nSPS) is 17.1. The summed E-state index contributed by atoms with van der Waals surface area (Å²) in [5, 5.41) is 11.2. The van der Waals surface area contributed by atoms with Crippen LogP contribution in [0, 0.1) is 17.0 Å². The zero-order chi connectivity index (χ0) is 19.4. The number of hydrogen-bond donors (Lipinski definition) is 0. The number of benzene rings is 1. The molecule has 0 aliphatic carbocycles. The molecule has 3 rings (SSSR count). The average molecular weight is 390 g/mol. The van der Waals surface area contributed by atoms with Crippen molar-refractivity contribution in [3.05, 3.63) is 70.0 Å². The van der Waals surface area contributed by atoms with Gasteiger partial charge in [0.25, 0.3) is 15.8 Å². The van der Waals surface area contributed by atoms with Gasteiger partial charge in [-0.05, 0) is 44.0 Å². The molecule has 2 aromatic rings. The number of rotatable bonds is 6. The van der Waals surface area contributed by atoms with E-state index in [1.165, 1.54) is 24.4 Å². The van der Waals surface area contributed by atoms with Gasteiger partial charge in [-0.15, -0.1) is 0 Å². The molecule has 0 spiro atoms. The molecule has 1 aliphatic rings. The van der Waals surface area contributed by atoms with Gasteiger partial charge < -0.3 is 4.74 Å². The molecule has 1 aliphatic heterocycles. The van der Waals surface area contributed by atoms with Gasteiger partial charge in [0, 0.05) is 6.20 Å². The number of aryl methyl sites for hydroxylation is 1. The average Bonchev–Trinajstić information content (AvgIpc) is 2.67. The zero-order valence-corrected chi connectivity index (χ0v) is 15.4. The lowest BCUT2D eigenvalue weighted by Crippen LogP contribution is -2.24. The molecular formula is C18H18N2O6S. The molecule has 1 aromatic carbocycles. The molecule has 0 unspecified atom stereocenters. The molecule has 0 saturated heterocycles. The van der Waals surface area contributed by atoms with E-state index in [4.69, 9.17) is 8.92 Å². The Morgan fingerprint density at radius 3 is 2.74 bits per heavy atom. The highest BCUT2D eigenvalue weighted by Crippen LogP contribution is 2.31. The summed E-state index contributed by atoms with van der Waals surface area (Å²) >= 11 is 0. The smallest absolute Gasteiger partial charge is 0.298 e. The predicted molar refractivity (Wildman–Crippen MR) is 97.3 cm³/mol. The van der Waals surface area contributed by atoms with Crippen LogP contribution in [0.25, 0.3) is 5.76 Å². The van der Waals surface area contributed by atoms with Crippen LogP contribution in [-0.4, -0.2) is 31.0 Å². The molecule has 0 fully saturated rings. The first-order valence-electron chi connectivity index (χ1n) is 8.28. The highest BCUT2D eigenvalue weighted by molar-refractivity contribution is 7.86. The van der Waals surface area contributed by atoms with Gasteiger partial charge in [0.1, 0.15) is 24.7 Å². The topological polar surface area (TPSA) is 109 Å². The van der Waals surface area contributed by atoms with Gasteiger partial charge in [-0.3, -0.25) is 19.3 Å². The van der Waals surface area contributed by atoms with Crippen molar-refractivity contribution in [2.45, 2.75) is 30.8 Å². The van der Waals surface area contributed by atoms with Crippen molar-refractivity contribution in [2.24, 2.45) is 0 Å². The van der Waals surface area contributed by atoms with Crippen molar-refractivity contribution >= 4 is 21.6 Å². The lowest BCUT2D eigenvalue weighted by molar-refractivity contribution is -0.385. The van der Waals surface area contributed by atoms with Crippen molar-refractivity contribution in [3.8, 4) is 0 Å². The van der Waals surface area contributed by atoms with E-state index in [0.717, 1.165) is 11.8 Å². The van der Waals surface area contributed by atoms with E-state index in [2.05, 4.69) is 4.98 Å². The quantitative estimate of drug-likeness (QED) is 0.423. The van der Waals surface area contributed by atoms with Gasteiger partial charge in [0.2, 0.25) is 0 Å². The summed E-state index contributed by atoms with van der Waals surface area (Å²) in [5.74, 6) is 0.330. The van der Waals surface area contributed by atoms with E-state index >= 15 is 0 Å². The molecule has 0 radical (unpaired) electrons. The Balaban J connectivity index is 1.69. The molecule has 27 heavy (non-hydrogen) atoms. The van der Waals surface area contributed by atoms with E-state index in [-0.39, 0.29) is 17.2 Å². The fourth-order valence-electron chi connectivity index (χ4n) is 2.66. The van der Waals surface area contributed by atoms with E-state index in [0.29, 0.717) is 24.2 Å². The zero-order valence-electron chi connectivity index (χ0n) is 14.6. The molecule has 0 N–H and O–H groups in total. The maximum absolute atomic E-state index is 12.3. The van der Waals surface area contributed by atoms with Crippen LogP contribution in [0.2, 0.25) is 0 Å². The Hall–Kier alpha value is -2.78. The maximum Gasteiger partial charge on any atom is 0.298 e. The monoisotopic (exact) mass is 390 g/mol. The third-order valence-corrected chi connectivity index (χ3v) is 5.39. The third-order valence-electron chi connectivity index (χ3n) is 4.09. The lowest BCUT2D eigenvalue weighted by Gasteiger charge is -2.24. The summed E-state index contributed by atoms with van der Waals surface area (Å²) < 4.78 is 35.5. The first-order chi connectivity index (χ1) is 12.9. The Labute approximate surface area is 156 Å². The van der Waals surface area contributed by atoms with E-state index < -0.39 is 21.1 Å². The molecule has 8 nitrogen and oxygen atoms in total. The Morgan fingerprint density at radius 2 is 2.04 bits per heavy atom. The van der Waals surface area contributed by atoms with Crippen molar-refractivity contribution in [3.63, 3.8) is 0 Å². The van der Waals surface area contributed by atoms with Crippen LogP contribution >= 0.6 is 0 Å². The van der Waals surface area contributed by atoms with Gasteiger partial charge in [-0.2, -0.15) is 8.42 Å². The van der Waals surface area contributed by atoms with Crippen LogP contribution in [0.1, 0.15) is 24.0 Å². The molecule has 0 amide bonds.